The number of aryl methyl sites for hydroxylation is 2. The van der Waals surface area contributed by atoms with Crippen molar-refractivity contribution in [3.05, 3.63) is 62.4 Å². The fraction of sp³-hybridized carbons (Fsp3) is 0.250. The third-order valence-corrected chi connectivity index (χ3v) is 3.73. The highest BCUT2D eigenvalue weighted by atomic mass is 32.1. The van der Waals surface area contributed by atoms with Crippen molar-refractivity contribution in [1.82, 2.24) is 4.98 Å². The predicted octanol–water partition coefficient (Wildman–Crippen LogP) is 4.13. The van der Waals surface area contributed by atoms with Crippen LogP contribution in [-0.4, -0.2) is 4.98 Å². The molecule has 1 aromatic heterocycles. The molecule has 19 heavy (non-hydrogen) atoms. The molecular weight excluding hydrogens is 252 g/mol. The van der Waals surface area contributed by atoms with Gasteiger partial charge in [-0.05, 0) is 43.9 Å². The highest BCUT2D eigenvalue weighted by molar-refractivity contribution is 7.71. The molecule has 2 rings (SSSR count). The third-order valence-electron chi connectivity index (χ3n) is 3.42. The fourth-order valence-electron chi connectivity index (χ4n) is 2.22. The van der Waals surface area contributed by atoms with Crippen molar-refractivity contribution in [2.24, 2.45) is 0 Å². The molecule has 2 nitrogen and oxygen atoms in total. The van der Waals surface area contributed by atoms with E-state index in [1.54, 1.807) is 0 Å². The van der Waals surface area contributed by atoms with Crippen molar-refractivity contribution in [3.63, 3.8) is 0 Å². The van der Waals surface area contributed by atoms with E-state index in [0.717, 1.165) is 23.2 Å². The Hall–Kier alpha value is -1.92. The van der Waals surface area contributed by atoms with Crippen LogP contribution in [0.3, 0.4) is 0 Å². The molecule has 0 radical (unpaired) electrons. The number of aromatic amines is 1. The van der Waals surface area contributed by atoms with Crippen molar-refractivity contribution < 1.29 is 0 Å². The number of rotatable bonds is 2. The van der Waals surface area contributed by atoms with Crippen molar-refractivity contribution in [2.75, 3.05) is 0 Å². The zero-order valence-electron chi connectivity index (χ0n) is 11.4. The minimum Gasteiger partial charge on any atom is -0.349 e. The summed E-state index contributed by atoms with van der Waals surface area (Å²) in [6.07, 6.45) is 0.818. The summed E-state index contributed by atoms with van der Waals surface area (Å²) < 4.78 is 0.533. The lowest BCUT2D eigenvalue weighted by atomic mass is 9.96. The molecule has 0 saturated heterocycles. The normalized spacial score (nSPS) is 10.2. The maximum absolute atomic E-state index is 9.18. The van der Waals surface area contributed by atoms with E-state index in [4.69, 9.17) is 12.2 Å². The third kappa shape index (κ3) is 2.74. The van der Waals surface area contributed by atoms with Gasteiger partial charge in [-0.25, -0.2) is 0 Å². The highest BCUT2D eigenvalue weighted by Gasteiger charge is 2.10. The Labute approximate surface area is 118 Å². The molecule has 96 valence electrons. The summed E-state index contributed by atoms with van der Waals surface area (Å²) in [5.41, 5.74) is 6.27. The van der Waals surface area contributed by atoms with Gasteiger partial charge in [-0.3, -0.25) is 0 Å². The van der Waals surface area contributed by atoms with E-state index in [1.807, 2.05) is 13.8 Å². The summed E-state index contributed by atoms with van der Waals surface area (Å²) in [5.74, 6) is 0. The average molecular weight is 268 g/mol. The maximum atomic E-state index is 9.18. The average Bonchev–Trinajstić information content (AvgIpc) is 2.37. The maximum Gasteiger partial charge on any atom is 0.121 e. The molecule has 0 spiro atoms. The van der Waals surface area contributed by atoms with E-state index in [-0.39, 0.29) is 0 Å². The van der Waals surface area contributed by atoms with Gasteiger partial charge in [-0.1, -0.05) is 42.0 Å². The van der Waals surface area contributed by atoms with Gasteiger partial charge in [0.2, 0.25) is 0 Å². The topological polar surface area (TPSA) is 39.6 Å². The van der Waals surface area contributed by atoms with E-state index < -0.39 is 0 Å². The van der Waals surface area contributed by atoms with Crippen molar-refractivity contribution in [2.45, 2.75) is 27.2 Å². The van der Waals surface area contributed by atoms with Crippen LogP contribution in [0.15, 0.2) is 24.3 Å². The molecule has 0 aliphatic rings. The molecule has 0 bridgehead atoms. The molecule has 0 saturated carbocycles. The Morgan fingerprint density at radius 2 is 1.79 bits per heavy atom. The van der Waals surface area contributed by atoms with Crippen LogP contribution in [0.4, 0.5) is 0 Å². The predicted molar refractivity (Wildman–Crippen MR) is 79.8 cm³/mol. The molecule has 1 aromatic carbocycles. The number of hydrogen-bond donors (Lipinski definition) is 1. The van der Waals surface area contributed by atoms with Crippen molar-refractivity contribution >= 4 is 12.2 Å². The first-order valence-corrected chi connectivity index (χ1v) is 6.61. The summed E-state index contributed by atoms with van der Waals surface area (Å²) in [4.78, 5) is 3.12. The summed E-state index contributed by atoms with van der Waals surface area (Å²) in [6.45, 7) is 6.06. The van der Waals surface area contributed by atoms with Gasteiger partial charge in [-0.15, -0.1) is 0 Å². The van der Waals surface area contributed by atoms with Gasteiger partial charge >= 0.3 is 0 Å². The number of hydrogen-bond acceptors (Lipinski definition) is 2. The Bertz CT molecular complexity index is 703. The summed E-state index contributed by atoms with van der Waals surface area (Å²) in [5, 5.41) is 9.18. The lowest BCUT2D eigenvalue weighted by Gasteiger charge is -2.12. The smallest absolute Gasteiger partial charge is 0.121 e. The molecule has 3 heteroatoms. The zero-order valence-corrected chi connectivity index (χ0v) is 12.2. The number of benzene rings is 1. The van der Waals surface area contributed by atoms with E-state index in [0.29, 0.717) is 10.2 Å². The quantitative estimate of drug-likeness (QED) is 0.832. The fourth-order valence-corrected chi connectivity index (χ4v) is 2.57. The van der Waals surface area contributed by atoms with E-state index >= 15 is 0 Å². The summed E-state index contributed by atoms with van der Waals surface area (Å²) >= 11 is 5.19. The Morgan fingerprint density at radius 3 is 2.37 bits per heavy atom. The minimum atomic E-state index is 0.533. The Balaban J connectivity index is 2.49. The van der Waals surface area contributed by atoms with Gasteiger partial charge in [-0.2, -0.15) is 5.26 Å². The van der Waals surface area contributed by atoms with Crippen LogP contribution in [0.25, 0.3) is 0 Å². The monoisotopic (exact) mass is 268 g/mol. The number of H-pyrrole nitrogens is 1. The number of nitrogens with one attached hydrogen (secondary N) is 1. The van der Waals surface area contributed by atoms with E-state index in [2.05, 4.69) is 42.2 Å². The van der Waals surface area contributed by atoms with Gasteiger partial charge in [0.1, 0.15) is 10.7 Å². The first-order valence-electron chi connectivity index (χ1n) is 6.21. The summed E-state index contributed by atoms with van der Waals surface area (Å²) in [6, 6.07) is 10.7. The molecule has 0 unspecified atom stereocenters. The first kappa shape index (κ1) is 13.5. The molecule has 1 heterocycles. The van der Waals surface area contributed by atoms with Crippen LogP contribution < -0.4 is 0 Å². The van der Waals surface area contributed by atoms with Crippen molar-refractivity contribution in [3.8, 4) is 6.07 Å². The molecule has 2 aromatic rings. The number of nitriles is 1. The zero-order chi connectivity index (χ0) is 14.0. The van der Waals surface area contributed by atoms with Crippen LogP contribution in [0.5, 0.6) is 0 Å². The number of pyridine rings is 1. The second kappa shape index (κ2) is 5.38. The van der Waals surface area contributed by atoms with Crippen LogP contribution in [0, 0.1) is 36.7 Å². The van der Waals surface area contributed by atoms with Gasteiger partial charge in [0, 0.05) is 5.69 Å². The van der Waals surface area contributed by atoms with Gasteiger partial charge < -0.3 is 4.98 Å². The summed E-state index contributed by atoms with van der Waals surface area (Å²) in [7, 11) is 0. The number of aromatic nitrogens is 1. The lowest BCUT2D eigenvalue weighted by molar-refractivity contribution is 1.03. The molecule has 0 aliphatic heterocycles. The van der Waals surface area contributed by atoms with Crippen LogP contribution in [0.1, 0.15) is 33.5 Å². The van der Waals surface area contributed by atoms with Crippen molar-refractivity contribution in [1.29, 1.82) is 5.26 Å². The minimum absolute atomic E-state index is 0.533. The van der Waals surface area contributed by atoms with Crippen LogP contribution in [0.2, 0.25) is 0 Å². The van der Waals surface area contributed by atoms with E-state index in [9.17, 15) is 5.26 Å². The van der Waals surface area contributed by atoms with E-state index in [1.165, 1.54) is 11.1 Å². The standard InChI is InChI=1S/C16H16N2S/c1-10-4-6-13(7-5-10)8-14-11(2)15(9-17)16(19)18-12(14)3/h4-7H,8H2,1-3H3,(H,18,19). The van der Waals surface area contributed by atoms with Gasteiger partial charge in [0.25, 0.3) is 0 Å². The molecule has 0 atom stereocenters. The molecular formula is C16H16N2S. The molecule has 1 N–H and O–H groups in total. The highest BCUT2D eigenvalue weighted by Crippen LogP contribution is 2.20. The SMILES string of the molecule is Cc1ccc(Cc2c(C)[nH]c(=S)c(C#N)c2C)cc1. The Morgan fingerprint density at radius 1 is 1.16 bits per heavy atom. The van der Waals surface area contributed by atoms with Crippen LogP contribution >= 0.6 is 12.2 Å². The Kier molecular flexibility index (Phi) is 3.82. The van der Waals surface area contributed by atoms with Gasteiger partial charge in [0.15, 0.2) is 0 Å². The van der Waals surface area contributed by atoms with Crippen LogP contribution in [-0.2, 0) is 6.42 Å². The largest absolute Gasteiger partial charge is 0.349 e. The number of nitrogens with zero attached hydrogens (tertiary/aromatic N) is 1. The first-order chi connectivity index (χ1) is 9.02. The molecule has 0 fully saturated rings. The molecule has 0 aliphatic carbocycles. The second-order valence-electron chi connectivity index (χ2n) is 4.83. The molecule has 0 amide bonds. The van der Waals surface area contributed by atoms with Gasteiger partial charge in [0.05, 0.1) is 5.56 Å². The lowest BCUT2D eigenvalue weighted by Crippen LogP contribution is -2.02. The second-order valence-corrected chi connectivity index (χ2v) is 5.24.